The molecule has 150 valence electrons. The minimum Gasteiger partial charge on any atom is -0.388 e. The zero-order valence-electron chi connectivity index (χ0n) is 14.9. The van der Waals surface area contributed by atoms with Crippen LogP contribution >= 0.6 is 0 Å². The van der Waals surface area contributed by atoms with Gasteiger partial charge in [-0.2, -0.15) is 0 Å². The fourth-order valence-electron chi connectivity index (χ4n) is 3.82. The van der Waals surface area contributed by atoms with E-state index in [1.165, 1.54) is 0 Å². The van der Waals surface area contributed by atoms with Gasteiger partial charge in [-0.1, -0.05) is 30.3 Å². The molecular weight excluding hydrogens is 356 g/mol. The van der Waals surface area contributed by atoms with Gasteiger partial charge in [-0.15, -0.1) is 0 Å². The molecule has 0 bridgehead atoms. The molecule has 4 aliphatic rings. The molecule has 0 aromatic heterocycles. The molecule has 3 N–H and O–H groups in total. The van der Waals surface area contributed by atoms with E-state index in [0.29, 0.717) is 19.8 Å². The number of ether oxygens (including phenoxy) is 5. The second-order valence-corrected chi connectivity index (χ2v) is 7.23. The highest BCUT2D eigenvalue weighted by Crippen LogP contribution is 2.29. The van der Waals surface area contributed by atoms with Gasteiger partial charge in [-0.05, 0) is 5.56 Å². The highest BCUT2D eigenvalue weighted by Gasteiger charge is 2.48. The van der Waals surface area contributed by atoms with E-state index in [2.05, 4.69) is 0 Å². The van der Waals surface area contributed by atoms with Gasteiger partial charge in [0.05, 0.1) is 33.0 Å². The summed E-state index contributed by atoms with van der Waals surface area (Å²) in [5.74, 6) is 0. The molecule has 1 aromatic carbocycles. The summed E-state index contributed by atoms with van der Waals surface area (Å²) in [5.41, 5.74) is 1.13. The molecule has 8 nitrogen and oxygen atoms in total. The summed E-state index contributed by atoms with van der Waals surface area (Å²) >= 11 is 0. The standard InChI is InChI=1S/C13H16O4.C6H10O4/c14-10-7-16-13-11(8-17-12(10)13)15-6-9-4-2-1-3-5-9;7-3-1-9-6-4(8)2-10-5(3)6/h1-5,10-14H,6-8H2;3-8H,1-2H2/t10-,11-,12-,13-;3-,4-,5-,6-/m11/s1. The Morgan fingerprint density at radius 1 is 0.704 bits per heavy atom. The molecule has 0 spiro atoms. The van der Waals surface area contributed by atoms with E-state index in [-0.39, 0.29) is 43.7 Å². The van der Waals surface area contributed by atoms with Crippen LogP contribution in [0.2, 0.25) is 0 Å². The van der Waals surface area contributed by atoms with Crippen LogP contribution in [0.15, 0.2) is 30.3 Å². The highest BCUT2D eigenvalue weighted by atomic mass is 16.6. The van der Waals surface area contributed by atoms with E-state index >= 15 is 0 Å². The summed E-state index contributed by atoms with van der Waals surface area (Å²) in [6.45, 7) is 1.97. The molecule has 27 heavy (non-hydrogen) atoms. The van der Waals surface area contributed by atoms with Crippen molar-refractivity contribution in [1.82, 2.24) is 0 Å². The first-order valence-electron chi connectivity index (χ1n) is 9.29. The van der Waals surface area contributed by atoms with E-state index in [1.807, 2.05) is 30.3 Å². The zero-order chi connectivity index (χ0) is 18.8. The lowest BCUT2D eigenvalue weighted by Crippen LogP contribution is -2.32. The van der Waals surface area contributed by atoms with Crippen molar-refractivity contribution in [2.24, 2.45) is 0 Å². The molecule has 0 saturated carbocycles. The maximum Gasteiger partial charge on any atom is 0.115 e. The van der Waals surface area contributed by atoms with Crippen LogP contribution in [-0.4, -0.2) is 90.6 Å². The lowest BCUT2D eigenvalue weighted by atomic mass is 10.1. The molecular formula is C19H26O8. The predicted octanol–water partition coefficient (Wildman–Crippen LogP) is -0.764. The molecule has 4 saturated heterocycles. The van der Waals surface area contributed by atoms with Gasteiger partial charge in [-0.3, -0.25) is 0 Å². The SMILES string of the molecule is O[C@@H]1CO[C@H]2[C@@H]1OC[C@H]2O.O[C@@H]1CO[C@H]2[C@@H]1OC[C@H]2OCc1ccccc1. The normalized spacial score (nSPS) is 42.5. The molecule has 4 aliphatic heterocycles. The van der Waals surface area contributed by atoms with Crippen LogP contribution in [0.3, 0.4) is 0 Å². The van der Waals surface area contributed by atoms with E-state index < -0.39 is 18.3 Å². The van der Waals surface area contributed by atoms with E-state index in [9.17, 15) is 5.11 Å². The molecule has 8 heteroatoms. The Morgan fingerprint density at radius 2 is 1.19 bits per heavy atom. The molecule has 0 radical (unpaired) electrons. The minimum atomic E-state index is -0.554. The summed E-state index contributed by atoms with van der Waals surface area (Å²) in [6.07, 6.45) is -2.61. The Hall–Kier alpha value is -1.10. The summed E-state index contributed by atoms with van der Waals surface area (Å²) in [6, 6.07) is 10.0. The number of hydrogen-bond donors (Lipinski definition) is 3. The van der Waals surface area contributed by atoms with E-state index in [4.69, 9.17) is 33.9 Å². The van der Waals surface area contributed by atoms with Gasteiger partial charge in [0, 0.05) is 0 Å². The van der Waals surface area contributed by atoms with Crippen molar-refractivity contribution in [2.45, 2.75) is 55.4 Å². The lowest BCUT2D eigenvalue weighted by Gasteiger charge is -2.16. The molecule has 1 aromatic rings. The van der Waals surface area contributed by atoms with Crippen molar-refractivity contribution in [2.75, 3.05) is 26.4 Å². The second-order valence-electron chi connectivity index (χ2n) is 7.23. The molecule has 0 amide bonds. The third-order valence-corrected chi connectivity index (χ3v) is 5.29. The Labute approximate surface area is 157 Å². The first-order chi connectivity index (χ1) is 13.1. The maximum absolute atomic E-state index is 9.60. The topological polar surface area (TPSA) is 107 Å². The third-order valence-electron chi connectivity index (χ3n) is 5.29. The molecule has 4 heterocycles. The summed E-state index contributed by atoms with van der Waals surface area (Å²) in [5, 5.41) is 27.9. The number of benzene rings is 1. The van der Waals surface area contributed by atoms with Crippen molar-refractivity contribution in [1.29, 1.82) is 0 Å². The van der Waals surface area contributed by atoms with Crippen molar-refractivity contribution >= 4 is 0 Å². The third kappa shape index (κ3) is 4.18. The van der Waals surface area contributed by atoms with Crippen molar-refractivity contribution in [3.8, 4) is 0 Å². The first-order valence-corrected chi connectivity index (χ1v) is 9.29. The van der Waals surface area contributed by atoms with Crippen LogP contribution in [0, 0.1) is 0 Å². The predicted molar refractivity (Wildman–Crippen MR) is 92.0 cm³/mol. The van der Waals surface area contributed by atoms with Crippen LogP contribution in [0.4, 0.5) is 0 Å². The van der Waals surface area contributed by atoms with Crippen molar-refractivity contribution in [3.63, 3.8) is 0 Å². The minimum absolute atomic E-state index is 0.0719. The smallest absolute Gasteiger partial charge is 0.115 e. The van der Waals surface area contributed by atoms with Crippen LogP contribution in [0.5, 0.6) is 0 Å². The van der Waals surface area contributed by atoms with Gasteiger partial charge in [0.15, 0.2) is 0 Å². The first kappa shape index (κ1) is 19.2. The molecule has 0 aliphatic carbocycles. The Bertz CT molecular complexity index is 583. The molecule has 5 rings (SSSR count). The van der Waals surface area contributed by atoms with Gasteiger partial charge in [0.25, 0.3) is 0 Å². The summed E-state index contributed by atoms with van der Waals surface area (Å²) in [7, 11) is 0. The number of aliphatic hydroxyl groups excluding tert-OH is 3. The monoisotopic (exact) mass is 382 g/mol. The van der Waals surface area contributed by atoms with Crippen LogP contribution in [0.25, 0.3) is 0 Å². The van der Waals surface area contributed by atoms with Crippen molar-refractivity contribution in [3.05, 3.63) is 35.9 Å². The van der Waals surface area contributed by atoms with Crippen molar-refractivity contribution < 1.29 is 39.0 Å². The van der Waals surface area contributed by atoms with Crippen LogP contribution in [0.1, 0.15) is 5.56 Å². The lowest BCUT2D eigenvalue weighted by molar-refractivity contribution is -0.0439. The quantitative estimate of drug-likeness (QED) is 0.626. The van der Waals surface area contributed by atoms with E-state index in [0.717, 1.165) is 5.56 Å². The van der Waals surface area contributed by atoms with Crippen LogP contribution < -0.4 is 0 Å². The van der Waals surface area contributed by atoms with Gasteiger partial charge in [0.2, 0.25) is 0 Å². The van der Waals surface area contributed by atoms with Crippen LogP contribution in [-0.2, 0) is 30.3 Å². The van der Waals surface area contributed by atoms with Gasteiger partial charge < -0.3 is 39.0 Å². The van der Waals surface area contributed by atoms with Gasteiger partial charge >= 0.3 is 0 Å². The molecule has 4 fully saturated rings. The Morgan fingerprint density at radius 3 is 1.78 bits per heavy atom. The van der Waals surface area contributed by atoms with Gasteiger partial charge in [0.1, 0.15) is 48.8 Å². The Balaban J connectivity index is 0.000000153. The fourth-order valence-corrected chi connectivity index (χ4v) is 3.82. The van der Waals surface area contributed by atoms with Gasteiger partial charge in [-0.25, -0.2) is 0 Å². The maximum atomic E-state index is 9.60. The average molecular weight is 382 g/mol. The van der Waals surface area contributed by atoms with E-state index in [1.54, 1.807) is 0 Å². The number of fused-ring (bicyclic) bond motifs is 2. The Kier molecular flexibility index (Phi) is 6.05. The summed E-state index contributed by atoms with van der Waals surface area (Å²) < 4.78 is 26.9. The number of hydrogen-bond acceptors (Lipinski definition) is 8. The second kappa shape index (κ2) is 8.50. The zero-order valence-corrected chi connectivity index (χ0v) is 14.9. The summed E-state index contributed by atoms with van der Waals surface area (Å²) in [4.78, 5) is 0. The average Bonchev–Trinajstić information content (AvgIpc) is 3.43. The molecule has 8 atom stereocenters. The largest absolute Gasteiger partial charge is 0.388 e. The molecule has 0 unspecified atom stereocenters. The number of rotatable bonds is 3. The highest BCUT2D eigenvalue weighted by molar-refractivity contribution is 5.13. The fraction of sp³-hybridized carbons (Fsp3) is 0.684. The number of aliphatic hydroxyl groups is 3.